The molecule has 0 fully saturated rings. The predicted octanol–water partition coefficient (Wildman–Crippen LogP) is 2.52. The van der Waals surface area contributed by atoms with Gasteiger partial charge >= 0.3 is 0 Å². The van der Waals surface area contributed by atoms with Crippen LogP contribution in [0.2, 0.25) is 0 Å². The number of nitrogen functional groups attached to an aromatic ring is 1. The Bertz CT molecular complexity index is 674. The predicted molar refractivity (Wildman–Crippen MR) is 77.9 cm³/mol. The van der Waals surface area contributed by atoms with Crippen molar-refractivity contribution in [3.05, 3.63) is 59.2 Å². The summed E-state index contributed by atoms with van der Waals surface area (Å²) in [5.41, 5.74) is 7.50. The Morgan fingerprint density at radius 2 is 1.95 bits per heavy atom. The molecule has 4 N–H and O–H groups in total. The van der Waals surface area contributed by atoms with E-state index >= 15 is 0 Å². The van der Waals surface area contributed by atoms with Crippen molar-refractivity contribution in [1.82, 2.24) is 5.32 Å². The Hall–Kier alpha value is -2.63. The molecule has 110 valence electrons. The van der Waals surface area contributed by atoms with E-state index in [4.69, 9.17) is 5.73 Å². The normalized spacial score (nSPS) is 10.2. The molecule has 21 heavy (non-hydrogen) atoms. The molecule has 0 heterocycles. The third kappa shape index (κ3) is 3.47. The monoisotopic (exact) mass is 291 g/mol. The maximum atomic E-state index is 13.5. The Morgan fingerprint density at radius 3 is 2.62 bits per heavy atom. The molecular formula is C15H15F2N3O. The second-order valence-corrected chi connectivity index (χ2v) is 4.47. The molecule has 0 aliphatic carbocycles. The average Bonchev–Trinajstić information content (AvgIpc) is 2.47. The van der Waals surface area contributed by atoms with Crippen molar-refractivity contribution in [2.75, 3.05) is 18.1 Å². The van der Waals surface area contributed by atoms with Gasteiger partial charge in [0.1, 0.15) is 11.6 Å². The molecule has 4 nitrogen and oxygen atoms in total. The summed E-state index contributed by atoms with van der Waals surface area (Å²) >= 11 is 0. The van der Waals surface area contributed by atoms with Crippen LogP contribution in [0.25, 0.3) is 0 Å². The number of nitrogens with one attached hydrogen (secondary N) is 2. The molecule has 0 unspecified atom stereocenters. The highest BCUT2D eigenvalue weighted by atomic mass is 19.1. The third-order valence-corrected chi connectivity index (χ3v) is 3.03. The molecule has 0 saturated heterocycles. The van der Waals surface area contributed by atoms with Gasteiger partial charge in [-0.15, -0.1) is 0 Å². The molecule has 0 spiro atoms. The summed E-state index contributed by atoms with van der Waals surface area (Å²) in [5.74, 6) is -1.51. The van der Waals surface area contributed by atoms with Crippen molar-refractivity contribution in [1.29, 1.82) is 0 Å². The number of rotatable bonds is 4. The lowest BCUT2D eigenvalue weighted by atomic mass is 10.1. The zero-order chi connectivity index (χ0) is 15.4. The van der Waals surface area contributed by atoms with Crippen LogP contribution in [0, 0.1) is 11.6 Å². The van der Waals surface area contributed by atoms with E-state index in [9.17, 15) is 13.6 Å². The molecule has 0 aromatic heterocycles. The Balaban J connectivity index is 2.17. The van der Waals surface area contributed by atoms with E-state index in [0.717, 1.165) is 6.07 Å². The van der Waals surface area contributed by atoms with Crippen LogP contribution in [0.3, 0.4) is 0 Å². The summed E-state index contributed by atoms with van der Waals surface area (Å²) in [4.78, 5) is 11.6. The van der Waals surface area contributed by atoms with E-state index in [2.05, 4.69) is 10.6 Å². The summed E-state index contributed by atoms with van der Waals surface area (Å²) in [6.45, 7) is 0.132. The van der Waals surface area contributed by atoms with Crippen LogP contribution in [-0.2, 0) is 6.54 Å². The molecule has 0 atom stereocenters. The van der Waals surface area contributed by atoms with Crippen molar-refractivity contribution in [2.45, 2.75) is 6.54 Å². The first-order valence-corrected chi connectivity index (χ1v) is 6.30. The van der Waals surface area contributed by atoms with Gasteiger partial charge in [-0.05, 0) is 24.3 Å². The standard InChI is InChI=1S/C15H15F2N3O/c1-19-15(21)9-3-5-13(18)14(6-9)20-8-10-2-4-11(16)7-12(10)17/h2-7,20H,8,18H2,1H3,(H,19,21). The number of carbonyl (C=O) groups is 1. The first-order valence-electron chi connectivity index (χ1n) is 6.30. The lowest BCUT2D eigenvalue weighted by Gasteiger charge is -2.11. The number of carbonyl (C=O) groups excluding carboxylic acids is 1. The fourth-order valence-electron chi connectivity index (χ4n) is 1.85. The minimum atomic E-state index is -0.636. The van der Waals surface area contributed by atoms with Gasteiger partial charge in [-0.2, -0.15) is 0 Å². The highest BCUT2D eigenvalue weighted by Crippen LogP contribution is 2.21. The number of amides is 1. The fourth-order valence-corrected chi connectivity index (χ4v) is 1.85. The van der Waals surface area contributed by atoms with Gasteiger partial charge in [-0.25, -0.2) is 8.78 Å². The smallest absolute Gasteiger partial charge is 0.251 e. The maximum absolute atomic E-state index is 13.5. The van der Waals surface area contributed by atoms with E-state index in [0.29, 0.717) is 22.5 Å². The van der Waals surface area contributed by atoms with E-state index in [-0.39, 0.29) is 12.5 Å². The number of halogens is 2. The second kappa shape index (κ2) is 6.21. The van der Waals surface area contributed by atoms with Crippen LogP contribution in [-0.4, -0.2) is 13.0 Å². The fraction of sp³-hybridized carbons (Fsp3) is 0.133. The maximum Gasteiger partial charge on any atom is 0.251 e. The van der Waals surface area contributed by atoms with Gasteiger partial charge in [0, 0.05) is 30.8 Å². The molecule has 0 radical (unpaired) electrons. The van der Waals surface area contributed by atoms with Crippen molar-refractivity contribution >= 4 is 17.3 Å². The highest BCUT2D eigenvalue weighted by Gasteiger charge is 2.08. The minimum Gasteiger partial charge on any atom is -0.397 e. The molecule has 2 aromatic rings. The molecule has 0 bridgehead atoms. The van der Waals surface area contributed by atoms with Crippen LogP contribution in [0.4, 0.5) is 20.2 Å². The van der Waals surface area contributed by atoms with Crippen molar-refractivity contribution < 1.29 is 13.6 Å². The summed E-state index contributed by atoms with van der Waals surface area (Å²) in [5, 5.41) is 5.45. The van der Waals surface area contributed by atoms with Crippen LogP contribution in [0.5, 0.6) is 0 Å². The Morgan fingerprint density at radius 1 is 1.19 bits per heavy atom. The van der Waals surface area contributed by atoms with E-state index in [1.54, 1.807) is 18.2 Å². The second-order valence-electron chi connectivity index (χ2n) is 4.47. The van der Waals surface area contributed by atoms with Crippen molar-refractivity contribution in [2.24, 2.45) is 0 Å². The Kier molecular flexibility index (Phi) is 4.37. The van der Waals surface area contributed by atoms with Gasteiger partial charge in [0.05, 0.1) is 11.4 Å². The number of hydrogen-bond acceptors (Lipinski definition) is 3. The topological polar surface area (TPSA) is 67.2 Å². The number of benzene rings is 2. The van der Waals surface area contributed by atoms with E-state index in [1.807, 2.05) is 0 Å². The molecular weight excluding hydrogens is 276 g/mol. The first-order chi connectivity index (χ1) is 10.0. The number of nitrogens with two attached hydrogens (primary N) is 1. The lowest BCUT2D eigenvalue weighted by molar-refractivity contribution is 0.0963. The van der Waals surface area contributed by atoms with Gasteiger partial charge in [0.15, 0.2) is 0 Å². The third-order valence-electron chi connectivity index (χ3n) is 3.03. The molecule has 0 aliphatic heterocycles. The number of hydrogen-bond donors (Lipinski definition) is 3. The highest BCUT2D eigenvalue weighted by molar-refractivity contribution is 5.96. The van der Waals surface area contributed by atoms with Crippen LogP contribution in [0.15, 0.2) is 36.4 Å². The van der Waals surface area contributed by atoms with E-state index in [1.165, 1.54) is 19.2 Å². The zero-order valence-corrected chi connectivity index (χ0v) is 11.4. The summed E-state index contributed by atoms with van der Waals surface area (Å²) in [6, 6.07) is 8.13. The molecule has 2 rings (SSSR count). The van der Waals surface area contributed by atoms with Crippen molar-refractivity contribution in [3.8, 4) is 0 Å². The minimum absolute atomic E-state index is 0.132. The molecule has 6 heteroatoms. The largest absolute Gasteiger partial charge is 0.397 e. The quantitative estimate of drug-likeness (QED) is 0.758. The summed E-state index contributed by atoms with van der Waals surface area (Å²) < 4.78 is 26.4. The van der Waals surface area contributed by atoms with Gasteiger partial charge in [0.25, 0.3) is 5.91 Å². The lowest BCUT2D eigenvalue weighted by Crippen LogP contribution is -2.18. The van der Waals surface area contributed by atoms with Gasteiger partial charge in [-0.3, -0.25) is 4.79 Å². The van der Waals surface area contributed by atoms with Crippen LogP contribution >= 0.6 is 0 Å². The van der Waals surface area contributed by atoms with Crippen LogP contribution in [0.1, 0.15) is 15.9 Å². The zero-order valence-electron chi connectivity index (χ0n) is 11.4. The summed E-state index contributed by atoms with van der Waals surface area (Å²) in [6.07, 6.45) is 0. The number of anilines is 2. The molecule has 1 amide bonds. The summed E-state index contributed by atoms with van der Waals surface area (Å²) in [7, 11) is 1.53. The van der Waals surface area contributed by atoms with Crippen LogP contribution < -0.4 is 16.4 Å². The van der Waals surface area contributed by atoms with E-state index < -0.39 is 11.6 Å². The average molecular weight is 291 g/mol. The van der Waals surface area contributed by atoms with Gasteiger partial charge in [0.2, 0.25) is 0 Å². The first kappa shape index (κ1) is 14.8. The van der Waals surface area contributed by atoms with Crippen molar-refractivity contribution in [3.63, 3.8) is 0 Å². The molecule has 2 aromatic carbocycles. The Labute approximate surface area is 121 Å². The van der Waals surface area contributed by atoms with Gasteiger partial charge < -0.3 is 16.4 Å². The molecule has 0 aliphatic rings. The molecule has 0 saturated carbocycles. The SMILES string of the molecule is CNC(=O)c1ccc(N)c(NCc2ccc(F)cc2F)c1. The van der Waals surface area contributed by atoms with Gasteiger partial charge in [-0.1, -0.05) is 6.07 Å².